The van der Waals surface area contributed by atoms with Crippen LogP contribution in [0.1, 0.15) is 30.5 Å². The summed E-state index contributed by atoms with van der Waals surface area (Å²) in [7, 11) is -2.05. The van der Waals surface area contributed by atoms with Crippen LogP contribution in [0.4, 0.5) is 10.1 Å². The Hall–Kier alpha value is -4.45. The molecule has 216 valence electrons. The van der Waals surface area contributed by atoms with Gasteiger partial charge in [-0.2, -0.15) is 0 Å². The van der Waals surface area contributed by atoms with Gasteiger partial charge in [-0.3, -0.25) is 4.79 Å². The molecule has 5 aromatic rings. The van der Waals surface area contributed by atoms with E-state index >= 15 is 0 Å². The number of aromatic nitrogens is 6. The minimum Gasteiger partial charge on any atom is -0.369 e. The van der Waals surface area contributed by atoms with Crippen LogP contribution < -0.4 is 10.5 Å². The van der Waals surface area contributed by atoms with Gasteiger partial charge < -0.3 is 9.47 Å². The second kappa shape index (κ2) is 11.1. The van der Waals surface area contributed by atoms with E-state index in [0.29, 0.717) is 30.2 Å². The average molecular weight is 588 g/mol. The monoisotopic (exact) mass is 587 g/mol. The van der Waals surface area contributed by atoms with E-state index in [2.05, 4.69) is 25.2 Å². The molecular weight excluding hydrogens is 557 g/mol. The van der Waals surface area contributed by atoms with Crippen LogP contribution in [0.15, 0.2) is 76.8 Å². The summed E-state index contributed by atoms with van der Waals surface area (Å²) in [5, 5.41) is 7.74. The van der Waals surface area contributed by atoms with E-state index in [9.17, 15) is 17.6 Å². The van der Waals surface area contributed by atoms with Crippen molar-refractivity contribution in [1.82, 2.24) is 29.5 Å². The van der Waals surface area contributed by atoms with Crippen LogP contribution in [0.2, 0.25) is 0 Å². The van der Waals surface area contributed by atoms with Crippen LogP contribution in [-0.2, 0) is 23.4 Å². The van der Waals surface area contributed by atoms with E-state index in [1.807, 2.05) is 36.4 Å². The number of halogens is 1. The molecule has 0 atom stereocenters. The highest BCUT2D eigenvalue weighted by Crippen LogP contribution is 2.31. The van der Waals surface area contributed by atoms with E-state index < -0.39 is 21.2 Å². The fraction of sp³-hybridized carbons (Fsp3) is 0.300. The molecule has 3 heterocycles. The molecule has 10 nitrogen and oxygen atoms in total. The first-order valence-electron chi connectivity index (χ1n) is 13.8. The van der Waals surface area contributed by atoms with Crippen LogP contribution in [0.25, 0.3) is 22.3 Å². The zero-order valence-corrected chi connectivity index (χ0v) is 24.1. The maximum Gasteiger partial charge on any atom is 0.286 e. The third kappa shape index (κ3) is 5.80. The predicted molar refractivity (Wildman–Crippen MR) is 158 cm³/mol. The van der Waals surface area contributed by atoms with Crippen molar-refractivity contribution in [2.75, 3.05) is 17.2 Å². The number of rotatable bonds is 10. The third-order valence-electron chi connectivity index (χ3n) is 7.37. The molecule has 42 heavy (non-hydrogen) atoms. The third-order valence-corrected chi connectivity index (χ3v) is 8.93. The van der Waals surface area contributed by atoms with E-state index in [1.165, 1.54) is 10.8 Å². The van der Waals surface area contributed by atoms with Crippen LogP contribution in [0, 0.1) is 12.7 Å². The van der Waals surface area contributed by atoms with E-state index in [4.69, 9.17) is 0 Å². The van der Waals surface area contributed by atoms with Crippen LogP contribution in [0.3, 0.4) is 0 Å². The topological polar surface area (TPSA) is 116 Å². The summed E-state index contributed by atoms with van der Waals surface area (Å²) in [5.74, 6) is -1.08. The molecule has 6 rings (SSSR count). The number of anilines is 1. The smallest absolute Gasteiger partial charge is 0.286 e. The number of hydrogen-bond acceptors (Lipinski definition) is 8. The zero-order chi connectivity index (χ0) is 29.4. The van der Waals surface area contributed by atoms with Gasteiger partial charge in [0.15, 0.2) is 5.82 Å². The standard InChI is InChI=1S/C30H30FN7O3S/c1-20-15-27(22-17-25(31)29(39)37(19-22)18-21-9-12-26-28(16-21)36(2)35-34-26)33-30(32-20)42(40,41)14-6-13-38(24-10-11-24)23-7-4-3-5-8-23/h3-5,7-9,12,15-17,19,24H,6,10-11,13-14,18H2,1-2H3. The van der Waals surface area contributed by atoms with Crippen LogP contribution in [0.5, 0.6) is 0 Å². The van der Waals surface area contributed by atoms with Crippen molar-refractivity contribution >= 4 is 26.6 Å². The molecule has 0 unspecified atom stereocenters. The Morgan fingerprint density at radius 2 is 1.83 bits per heavy atom. The summed E-state index contributed by atoms with van der Waals surface area (Å²) in [6, 6.07) is 18.5. The first-order chi connectivity index (χ1) is 20.2. The van der Waals surface area contributed by atoms with Gasteiger partial charge in [0.05, 0.1) is 23.5 Å². The Labute approximate surface area is 242 Å². The molecule has 0 bridgehead atoms. The molecule has 1 aliphatic carbocycles. The molecule has 2 aromatic carbocycles. The van der Waals surface area contributed by atoms with Gasteiger partial charge in [0.2, 0.25) is 15.0 Å². The first-order valence-corrected chi connectivity index (χ1v) is 15.4. The molecule has 0 N–H and O–H groups in total. The van der Waals surface area contributed by atoms with Crippen molar-refractivity contribution in [3.63, 3.8) is 0 Å². The Bertz CT molecular complexity index is 1940. The van der Waals surface area contributed by atoms with Crippen molar-refractivity contribution in [1.29, 1.82) is 0 Å². The molecule has 0 amide bonds. The molecule has 12 heteroatoms. The Morgan fingerprint density at radius 3 is 2.60 bits per heavy atom. The molecule has 0 spiro atoms. The average Bonchev–Trinajstić information content (AvgIpc) is 3.75. The molecule has 0 saturated heterocycles. The zero-order valence-electron chi connectivity index (χ0n) is 23.3. The SMILES string of the molecule is Cc1cc(-c2cc(F)c(=O)n(Cc3ccc4nnn(C)c4c3)c2)nc(S(=O)(=O)CCCN(c2ccccc2)C2CC2)n1. The van der Waals surface area contributed by atoms with Gasteiger partial charge in [0.1, 0.15) is 5.52 Å². The number of aryl methyl sites for hydroxylation is 2. The van der Waals surface area contributed by atoms with Crippen molar-refractivity contribution < 1.29 is 12.8 Å². The Kier molecular flexibility index (Phi) is 7.31. The lowest BCUT2D eigenvalue weighted by Crippen LogP contribution is -2.28. The van der Waals surface area contributed by atoms with Gasteiger partial charge >= 0.3 is 0 Å². The first kappa shape index (κ1) is 27.7. The quantitative estimate of drug-likeness (QED) is 0.226. The largest absolute Gasteiger partial charge is 0.369 e. The van der Waals surface area contributed by atoms with E-state index in [0.717, 1.165) is 35.7 Å². The van der Waals surface area contributed by atoms with Gasteiger partial charge in [0, 0.05) is 42.8 Å². The second-order valence-corrected chi connectivity index (χ2v) is 12.7. The number of sulfone groups is 1. The molecule has 0 radical (unpaired) electrons. The number of hydrogen-bond donors (Lipinski definition) is 0. The minimum absolute atomic E-state index is 0.0961. The van der Waals surface area contributed by atoms with Crippen molar-refractivity contribution in [2.24, 2.45) is 7.05 Å². The summed E-state index contributed by atoms with van der Waals surface area (Å²) in [6.07, 6.45) is 4.10. The Morgan fingerprint density at radius 1 is 1.05 bits per heavy atom. The Balaban J connectivity index is 1.24. The summed E-state index contributed by atoms with van der Waals surface area (Å²) in [4.78, 5) is 23.5. The fourth-order valence-corrected chi connectivity index (χ4v) is 6.31. The maximum atomic E-state index is 14.9. The molecule has 1 fully saturated rings. The molecule has 1 saturated carbocycles. The molecular formula is C30H30FN7O3S. The van der Waals surface area contributed by atoms with Crippen molar-refractivity contribution in [3.8, 4) is 11.3 Å². The minimum atomic E-state index is -3.82. The number of fused-ring (bicyclic) bond motifs is 1. The highest BCUT2D eigenvalue weighted by Gasteiger charge is 2.29. The highest BCUT2D eigenvalue weighted by molar-refractivity contribution is 7.91. The lowest BCUT2D eigenvalue weighted by Gasteiger charge is -2.24. The van der Waals surface area contributed by atoms with Crippen molar-refractivity contribution in [3.05, 3.63) is 94.3 Å². The summed E-state index contributed by atoms with van der Waals surface area (Å²) >= 11 is 0. The van der Waals surface area contributed by atoms with Gasteiger partial charge in [-0.05, 0) is 68.1 Å². The lowest BCUT2D eigenvalue weighted by atomic mass is 10.1. The summed E-state index contributed by atoms with van der Waals surface area (Å²) < 4.78 is 44.4. The second-order valence-electron chi connectivity index (χ2n) is 10.7. The normalized spacial score (nSPS) is 13.5. The number of benzene rings is 2. The number of nitrogens with zero attached hydrogens (tertiary/aromatic N) is 7. The highest BCUT2D eigenvalue weighted by atomic mass is 32.2. The molecule has 0 aliphatic heterocycles. The van der Waals surface area contributed by atoms with Crippen molar-refractivity contribution in [2.45, 2.75) is 43.9 Å². The van der Waals surface area contributed by atoms with Crippen LogP contribution >= 0.6 is 0 Å². The number of para-hydroxylation sites is 1. The predicted octanol–water partition coefficient (Wildman–Crippen LogP) is 3.92. The van der Waals surface area contributed by atoms with Gasteiger partial charge in [-0.25, -0.2) is 27.5 Å². The maximum absolute atomic E-state index is 14.9. The lowest BCUT2D eigenvalue weighted by molar-refractivity contribution is 0.580. The van der Waals surface area contributed by atoms with Gasteiger partial charge in [-0.15, -0.1) is 5.10 Å². The fourth-order valence-electron chi connectivity index (χ4n) is 5.10. The van der Waals surface area contributed by atoms with Gasteiger partial charge in [-0.1, -0.05) is 29.5 Å². The van der Waals surface area contributed by atoms with Crippen LogP contribution in [-0.4, -0.2) is 56.3 Å². The van der Waals surface area contributed by atoms with E-state index in [1.54, 1.807) is 36.9 Å². The molecule has 1 aliphatic rings. The van der Waals surface area contributed by atoms with Gasteiger partial charge in [0.25, 0.3) is 5.56 Å². The summed E-state index contributed by atoms with van der Waals surface area (Å²) in [6.45, 7) is 2.36. The van der Waals surface area contributed by atoms with E-state index in [-0.39, 0.29) is 28.7 Å². The number of pyridine rings is 1. The molecule has 3 aromatic heterocycles. The summed E-state index contributed by atoms with van der Waals surface area (Å²) in [5.41, 5.74) is 3.46.